The van der Waals surface area contributed by atoms with Gasteiger partial charge in [0.15, 0.2) is 11.6 Å². The summed E-state index contributed by atoms with van der Waals surface area (Å²) in [5, 5.41) is 5.13. The van der Waals surface area contributed by atoms with Gasteiger partial charge in [0, 0.05) is 44.5 Å². The minimum Gasteiger partial charge on any atom is -0.329 e. The molecule has 0 aliphatic carbocycles. The first-order chi connectivity index (χ1) is 18.4. The van der Waals surface area contributed by atoms with Crippen molar-refractivity contribution in [1.82, 2.24) is 30.0 Å². The number of hydrogen-bond donors (Lipinski definition) is 2. The fraction of sp³-hybridized carbons (Fsp3) is 0.520. The Labute approximate surface area is 220 Å². The third kappa shape index (κ3) is 4.91. The van der Waals surface area contributed by atoms with Crippen LogP contribution in [-0.2, 0) is 17.8 Å². The Hall–Kier alpha value is -3.71. The number of fused-ring (bicyclic) bond motifs is 1. The molecular weight excluding hydrogens is 527 g/mol. The van der Waals surface area contributed by atoms with E-state index >= 15 is 0 Å². The highest BCUT2D eigenvalue weighted by Crippen LogP contribution is 2.37. The largest absolute Gasteiger partial charge is 0.394 e. The van der Waals surface area contributed by atoms with E-state index in [9.17, 15) is 36.3 Å². The number of aromatic nitrogens is 2. The summed E-state index contributed by atoms with van der Waals surface area (Å²) in [5.41, 5.74) is -1.11. The van der Waals surface area contributed by atoms with E-state index in [4.69, 9.17) is 0 Å². The molecule has 1 spiro atoms. The Morgan fingerprint density at radius 3 is 2.54 bits per heavy atom. The van der Waals surface area contributed by atoms with Crippen molar-refractivity contribution in [2.75, 3.05) is 20.1 Å². The van der Waals surface area contributed by atoms with Crippen molar-refractivity contribution in [3.63, 3.8) is 0 Å². The lowest BCUT2D eigenvalue weighted by Gasteiger charge is -2.40. The maximum absolute atomic E-state index is 14.6. The second kappa shape index (κ2) is 9.79. The predicted molar refractivity (Wildman–Crippen MR) is 126 cm³/mol. The standard InChI is InChI=1S/C25H27F5N6O3/c1-34-22(38)33-21(37)24(34)7-9-35(10-8-24)23(39)32-18-6-5-14(16-3-2-4-17(26)19(16)27)13-36-15(11-25(28,29)30)12-31-20(18)36/h2-4,12,14,18H,5-11,13H2,1H3,(H,32,39)(H,33,37,38)/t14-,18-/m1/s1. The predicted octanol–water partition coefficient (Wildman–Crippen LogP) is 3.61. The lowest BCUT2D eigenvalue weighted by molar-refractivity contribution is -0.129. The number of nitrogens with one attached hydrogen (secondary N) is 2. The van der Waals surface area contributed by atoms with Gasteiger partial charge in [-0.2, -0.15) is 13.2 Å². The zero-order chi connectivity index (χ0) is 28.1. The molecular formula is C25H27F5N6O3. The maximum Gasteiger partial charge on any atom is 0.394 e. The Morgan fingerprint density at radius 2 is 1.90 bits per heavy atom. The van der Waals surface area contributed by atoms with Crippen molar-refractivity contribution in [3.8, 4) is 0 Å². The van der Waals surface area contributed by atoms with Crippen LogP contribution in [0.1, 0.15) is 54.7 Å². The lowest BCUT2D eigenvalue weighted by atomic mass is 9.86. The average molecular weight is 555 g/mol. The topological polar surface area (TPSA) is 99.6 Å². The monoisotopic (exact) mass is 554 g/mol. The van der Waals surface area contributed by atoms with Gasteiger partial charge >= 0.3 is 18.2 Å². The number of likely N-dealkylation sites (tertiary alicyclic amines) is 1. The molecule has 9 nitrogen and oxygen atoms in total. The van der Waals surface area contributed by atoms with Gasteiger partial charge in [-0.1, -0.05) is 12.1 Å². The van der Waals surface area contributed by atoms with Crippen LogP contribution in [0.3, 0.4) is 0 Å². The first kappa shape index (κ1) is 26.9. The summed E-state index contributed by atoms with van der Waals surface area (Å²) in [5.74, 6) is -2.95. The molecule has 5 rings (SSSR count). The van der Waals surface area contributed by atoms with Crippen molar-refractivity contribution in [3.05, 3.63) is 53.1 Å². The summed E-state index contributed by atoms with van der Waals surface area (Å²) >= 11 is 0. The summed E-state index contributed by atoms with van der Waals surface area (Å²) in [6.07, 6.45) is -3.74. The molecule has 4 heterocycles. The molecule has 0 unspecified atom stereocenters. The zero-order valence-corrected chi connectivity index (χ0v) is 21.0. The number of piperidine rings is 1. The van der Waals surface area contributed by atoms with Crippen LogP contribution >= 0.6 is 0 Å². The van der Waals surface area contributed by atoms with Gasteiger partial charge in [0.1, 0.15) is 11.4 Å². The van der Waals surface area contributed by atoms with Crippen molar-refractivity contribution in [2.45, 2.75) is 62.3 Å². The van der Waals surface area contributed by atoms with Gasteiger partial charge < -0.3 is 19.7 Å². The maximum atomic E-state index is 14.6. The number of hydrogen-bond acceptors (Lipinski definition) is 4. The number of imidazole rings is 1. The molecule has 1 aromatic heterocycles. The number of carbonyl (C=O) groups excluding carboxylic acids is 3. The van der Waals surface area contributed by atoms with Gasteiger partial charge in [0.05, 0.1) is 12.5 Å². The van der Waals surface area contributed by atoms with Crippen molar-refractivity contribution < 1.29 is 36.3 Å². The molecule has 14 heteroatoms. The van der Waals surface area contributed by atoms with Gasteiger partial charge in [-0.25, -0.2) is 23.4 Å². The van der Waals surface area contributed by atoms with Gasteiger partial charge in [0.25, 0.3) is 5.91 Å². The van der Waals surface area contributed by atoms with E-state index in [2.05, 4.69) is 15.6 Å². The number of urea groups is 2. The molecule has 5 amide bonds. The quantitative estimate of drug-likeness (QED) is 0.448. The SMILES string of the molecule is CN1C(=O)NC(=O)C12CCN(C(=O)N[C@@H]1CC[C@@H](c3cccc(F)c3F)Cn3c(CC(F)(F)F)cnc31)CC2. The smallest absolute Gasteiger partial charge is 0.329 e. The van der Waals surface area contributed by atoms with Crippen LogP contribution in [0.4, 0.5) is 31.5 Å². The second-order valence-electron chi connectivity index (χ2n) is 10.3. The molecule has 2 saturated heterocycles. The molecule has 2 aromatic rings. The highest BCUT2D eigenvalue weighted by molar-refractivity contribution is 6.07. The normalized spacial score (nSPS) is 23.0. The van der Waals surface area contributed by atoms with Crippen LogP contribution in [0, 0.1) is 11.6 Å². The van der Waals surface area contributed by atoms with Crippen molar-refractivity contribution >= 4 is 18.0 Å². The number of alkyl halides is 3. The summed E-state index contributed by atoms with van der Waals surface area (Å²) in [6.45, 7) is 0.290. The highest BCUT2D eigenvalue weighted by atomic mass is 19.4. The van der Waals surface area contributed by atoms with Crippen molar-refractivity contribution in [1.29, 1.82) is 0 Å². The van der Waals surface area contributed by atoms with Crippen LogP contribution < -0.4 is 10.6 Å². The van der Waals surface area contributed by atoms with E-state index < -0.39 is 59.7 Å². The van der Waals surface area contributed by atoms with Crippen LogP contribution in [0.15, 0.2) is 24.4 Å². The third-order valence-corrected chi connectivity index (χ3v) is 8.06. The van der Waals surface area contributed by atoms with E-state index in [0.29, 0.717) is 0 Å². The van der Waals surface area contributed by atoms with Crippen LogP contribution in [0.2, 0.25) is 0 Å². The average Bonchev–Trinajstić information content (AvgIpc) is 3.27. The van der Waals surface area contributed by atoms with Gasteiger partial charge in [-0.15, -0.1) is 0 Å². The van der Waals surface area contributed by atoms with E-state index in [1.165, 1.54) is 33.5 Å². The number of nitrogens with zero attached hydrogens (tertiary/aromatic N) is 4. The van der Waals surface area contributed by atoms with Gasteiger partial charge in [0.2, 0.25) is 0 Å². The second-order valence-corrected chi connectivity index (χ2v) is 10.3. The van der Waals surface area contributed by atoms with E-state index in [-0.39, 0.29) is 62.4 Å². The fourth-order valence-electron chi connectivity index (χ4n) is 5.82. The molecule has 0 bridgehead atoms. The molecule has 39 heavy (non-hydrogen) atoms. The van der Waals surface area contributed by atoms with Crippen LogP contribution in [0.5, 0.6) is 0 Å². The summed E-state index contributed by atoms with van der Waals surface area (Å²) in [4.78, 5) is 44.6. The lowest BCUT2D eigenvalue weighted by Crippen LogP contribution is -2.57. The molecule has 3 aliphatic heterocycles. The molecule has 210 valence electrons. The first-order valence-corrected chi connectivity index (χ1v) is 12.6. The third-order valence-electron chi connectivity index (χ3n) is 8.06. The van der Waals surface area contributed by atoms with Gasteiger partial charge in [-0.05, 0) is 37.3 Å². The van der Waals surface area contributed by atoms with E-state index in [1.54, 1.807) is 0 Å². The molecule has 1 aromatic carbocycles. The Kier molecular flexibility index (Phi) is 6.75. The summed E-state index contributed by atoms with van der Waals surface area (Å²) in [6, 6.07) is 1.96. The molecule has 3 aliphatic rings. The first-order valence-electron chi connectivity index (χ1n) is 12.6. The van der Waals surface area contributed by atoms with Crippen molar-refractivity contribution in [2.24, 2.45) is 0 Å². The highest BCUT2D eigenvalue weighted by Gasteiger charge is 2.52. The van der Waals surface area contributed by atoms with Crippen LogP contribution in [-0.4, -0.2) is 69.2 Å². The minimum absolute atomic E-state index is 0.0504. The molecule has 0 saturated carbocycles. The Bertz CT molecular complexity index is 1300. The number of rotatable bonds is 3. The Balaban J connectivity index is 1.36. The zero-order valence-electron chi connectivity index (χ0n) is 21.0. The molecule has 0 radical (unpaired) electrons. The van der Waals surface area contributed by atoms with E-state index in [0.717, 1.165) is 12.3 Å². The summed E-state index contributed by atoms with van der Waals surface area (Å²) < 4.78 is 69.8. The van der Waals surface area contributed by atoms with Crippen LogP contribution in [0.25, 0.3) is 0 Å². The number of halogens is 5. The number of amides is 5. The molecule has 2 N–H and O–H groups in total. The Morgan fingerprint density at radius 1 is 1.18 bits per heavy atom. The molecule has 2 atom stereocenters. The molecule has 2 fully saturated rings. The number of imide groups is 1. The van der Waals surface area contributed by atoms with E-state index in [1.807, 2.05) is 0 Å². The fourth-order valence-corrected chi connectivity index (χ4v) is 5.82. The van der Waals surface area contributed by atoms with Gasteiger partial charge in [-0.3, -0.25) is 10.1 Å². The number of likely N-dealkylation sites (N-methyl/N-ethyl adjacent to an activating group) is 1. The minimum atomic E-state index is -4.52. The number of benzene rings is 1. The summed E-state index contributed by atoms with van der Waals surface area (Å²) in [7, 11) is 1.53. The number of carbonyl (C=O) groups is 3.